The molecule has 1 aromatic carbocycles. The van der Waals surface area contributed by atoms with Gasteiger partial charge in [-0.1, -0.05) is 36.4 Å². The van der Waals surface area contributed by atoms with Gasteiger partial charge in [-0.2, -0.15) is 5.10 Å². The van der Waals surface area contributed by atoms with Crippen molar-refractivity contribution in [1.29, 1.82) is 0 Å². The highest BCUT2D eigenvalue weighted by molar-refractivity contribution is 7.13. The van der Waals surface area contributed by atoms with E-state index in [-0.39, 0.29) is 11.8 Å². The number of thiophene rings is 1. The highest BCUT2D eigenvalue weighted by Crippen LogP contribution is 2.28. The zero-order valence-corrected chi connectivity index (χ0v) is 21.1. The molecule has 0 spiro atoms. The molecule has 35 heavy (non-hydrogen) atoms. The molecule has 2 fully saturated rings. The maximum atomic E-state index is 13.6. The lowest BCUT2D eigenvalue weighted by molar-refractivity contribution is -0.136. The lowest BCUT2D eigenvalue weighted by atomic mass is 10.0. The summed E-state index contributed by atoms with van der Waals surface area (Å²) >= 11 is 1.60. The van der Waals surface area contributed by atoms with Crippen LogP contribution in [0.2, 0.25) is 0 Å². The maximum absolute atomic E-state index is 13.6. The molecule has 2 amide bonds. The van der Waals surface area contributed by atoms with E-state index in [2.05, 4.69) is 24.0 Å². The molecule has 0 N–H and O–H groups in total. The van der Waals surface area contributed by atoms with Crippen LogP contribution in [-0.2, 0) is 11.3 Å². The van der Waals surface area contributed by atoms with Crippen LogP contribution in [0.25, 0.3) is 10.6 Å². The Morgan fingerprint density at radius 3 is 2.51 bits per heavy atom. The SMILES string of the molecule is CC1CCCCN1C(=O)CN1CCN(C(=O)c2cn(Cc3ccccc3)nc2-c2cccs2)CC1. The molecule has 0 aliphatic carbocycles. The normalized spacial score (nSPS) is 19.2. The molecular weight excluding hydrogens is 458 g/mol. The molecule has 1 unspecified atom stereocenters. The molecule has 3 aromatic rings. The number of carbonyl (C=O) groups is 2. The second kappa shape index (κ2) is 10.7. The van der Waals surface area contributed by atoms with Crippen molar-refractivity contribution in [1.82, 2.24) is 24.5 Å². The molecule has 5 rings (SSSR count). The molecule has 0 radical (unpaired) electrons. The first-order valence-corrected chi connectivity index (χ1v) is 13.4. The van der Waals surface area contributed by atoms with Crippen LogP contribution in [0.15, 0.2) is 54.0 Å². The van der Waals surface area contributed by atoms with E-state index in [0.29, 0.717) is 50.9 Å². The molecule has 2 aliphatic rings. The number of benzene rings is 1. The molecule has 2 saturated heterocycles. The third-order valence-corrected chi connectivity index (χ3v) is 7.95. The predicted molar refractivity (Wildman–Crippen MR) is 138 cm³/mol. The first-order chi connectivity index (χ1) is 17.1. The molecule has 2 aliphatic heterocycles. The highest BCUT2D eigenvalue weighted by atomic mass is 32.1. The topological polar surface area (TPSA) is 61.7 Å². The van der Waals surface area contributed by atoms with Crippen molar-refractivity contribution < 1.29 is 9.59 Å². The summed E-state index contributed by atoms with van der Waals surface area (Å²) in [5.41, 5.74) is 2.54. The van der Waals surface area contributed by atoms with Gasteiger partial charge in [-0.15, -0.1) is 11.3 Å². The van der Waals surface area contributed by atoms with Gasteiger partial charge < -0.3 is 9.80 Å². The third-order valence-electron chi connectivity index (χ3n) is 7.08. The van der Waals surface area contributed by atoms with Gasteiger partial charge in [0.1, 0.15) is 5.69 Å². The van der Waals surface area contributed by atoms with Gasteiger partial charge in [-0.25, -0.2) is 0 Å². The number of carbonyl (C=O) groups excluding carboxylic acids is 2. The first kappa shape index (κ1) is 23.8. The lowest BCUT2D eigenvalue weighted by Crippen LogP contribution is -2.53. The van der Waals surface area contributed by atoms with Crippen LogP contribution in [0, 0.1) is 0 Å². The number of hydrogen-bond acceptors (Lipinski definition) is 5. The number of hydrogen-bond donors (Lipinski definition) is 0. The zero-order chi connectivity index (χ0) is 24.2. The molecule has 2 aromatic heterocycles. The van der Waals surface area contributed by atoms with Gasteiger partial charge in [0.05, 0.1) is 23.5 Å². The summed E-state index contributed by atoms with van der Waals surface area (Å²) in [6.07, 6.45) is 5.29. The molecule has 4 heterocycles. The monoisotopic (exact) mass is 491 g/mol. The van der Waals surface area contributed by atoms with Crippen LogP contribution < -0.4 is 0 Å². The largest absolute Gasteiger partial charge is 0.339 e. The Kier molecular flexibility index (Phi) is 7.29. The summed E-state index contributed by atoms with van der Waals surface area (Å²) in [4.78, 5) is 33.6. The van der Waals surface area contributed by atoms with Crippen molar-refractivity contribution in [2.75, 3.05) is 39.3 Å². The zero-order valence-electron chi connectivity index (χ0n) is 20.3. The number of piperazine rings is 1. The van der Waals surface area contributed by atoms with Gasteiger partial charge in [0.25, 0.3) is 5.91 Å². The average molecular weight is 492 g/mol. The summed E-state index contributed by atoms with van der Waals surface area (Å²) in [7, 11) is 0. The van der Waals surface area contributed by atoms with E-state index in [9.17, 15) is 9.59 Å². The standard InChI is InChI=1S/C27H33N5O2S/c1-21-8-5-6-12-32(21)25(33)20-29-13-15-30(16-14-29)27(34)23-19-31(18-22-9-3-2-4-10-22)28-26(23)24-11-7-17-35-24/h2-4,7,9-11,17,19,21H,5-6,8,12-16,18,20H2,1H3. The minimum atomic E-state index is 0.0170. The van der Waals surface area contributed by atoms with Crippen LogP contribution in [0.1, 0.15) is 42.1 Å². The van der Waals surface area contributed by atoms with E-state index in [1.807, 2.05) is 56.4 Å². The second-order valence-electron chi connectivity index (χ2n) is 9.55. The Bertz CT molecular complexity index is 1140. The fourth-order valence-corrected chi connectivity index (χ4v) is 5.78. The Labute approximate surface area is 210 Å². The van der Waals surface area contributed by atoms with Gasteiger partial charge in [0.2, 0.25) is 5.91 Å². The van der Waals surface area contributed by atoms with Crippen LogP contribution in [0.5, 0.6) is 0 Å². The van der Waals surface area contributed by atoms with E-state index in [4.69, 9.17) is 5.10 Å². The number of likely N-dealkylation sites (tertiary alicyclic amines) is 1. The van der Waals surface area contributed by atoms with E-state index in [0.717, 1.165) is 35.5 Å². The van der Waals surface area contributed by atoms with Crippen molar-refractivity contribution in [3.8, 4) is 10.6 Å². The molecule has 0 bridgehead atoms. The number of nitrogens with zero attached hydrogens (tertiary/aromatic N) is 5. The van der Waals surface area contributed by atoms with E-state index < -0.39 is 0 Å². The molecule has 7 nitrogen and oxygen atoms in total. The molecular formula is C27H33N5O2S. The van der Waals surface area contributed by atoms with Crippen LogP contribution in [0.4, 0.5) is 0 Å². The highest BCUT2D eigenvalue weighted by Gasteiger charge is 2.29. The van der Waals surface area contributed by atoms with Crippen LogP contribution in [0.3, 0.4) is 0 Å². The van der Waals surface area contributed by atoms with Gasteiger partial charge in [0, 0.05) is 45.0 Å². The number of piperidine rings is 1. The van der Waals surface area contributed by atoms with E-state index in [1.165, 1.54) is 6.42 Å². The Morgan fingerprint density at radius 1 is 1.00 bits per heavy atom. The maximum Gasteiger partial charge on any atom is 0.257 e. The van der Waals surface area contributed by atoms with Gasteiger partial charge in [-0.05, 0) is 43.2 Å². The van der Waals surface area contributed by atoms with Crippen molar-refractivity contribution in [2.45, 2.75) is 38.8 Å². The fraction of sp³-hybridized carbons (Fsp3) is 0.444. The molecule has 0 saturated carbocycles. The van der Waals surface area contributed by atoms with Gasteiger partial charge >= 0.3 is 0 Å². The van der Waals surface area contributed by atoms with Crippen molar-refractivity contribution in [2.24, 2.45) is 0 Å². The Balaban J connectivity index is 1.25. The summed E-state index contributed by atoms with van der Waals surface area (Å²) < 4.78 is 1.87. The van der Waals surface area contributed by atoms with Crippen LogP contribution in [-0.4, -0.2) is 81.6 Å². The summed E-state index contributed by atoms with van der Waals surface area (Å²) in [5.74, 6) is 0.238. The molecule has 184 valence electrons. The number of rotatable bonds is 6. The first-order valence-electron chi connectivity index (χ1n) is 12.5. The smallest absolute Gasteiger partial charge is 0.257 e. The molecule has 1 atom stereocenters. The van der Waals surface area contributed by atoms with Crippen LogP contribution >= 0.6 is 11.3 Å². The Morgan fingerprint density at radius 2 is 1.80 bits per heavy atom. The van der Waals surface area contributed by atoms with Crippen molar-refractivity contribution >= 4 is 23.2 Å². The van der Waals surface area contributed by atoms with E-state index >= 15 is 0 Å². The number of amides is 2. The second-order valence-corrected chi connectivity index (χ2v) is 10.5. The minimum absolute atomic E-state index is 0.0170. The average Bonchev–Trinajstić information content (AvgIpc) is 3.55. The predicted octanol–water partition coefficient (Wildman–Crippen LogP) is 3.82. The summed E-state index contributed by atoms with van der Waals surface area (Å²) in [6.45, 7) is 6.76. The minimum Gasteiger partial charge on any atom is -0.339 e. The van der Waals surface area contributed by atoms with Gasteiger partial charge in [-0.3, -0.25) is 19.2 Å². The van der Waals surface area contributed by atoms with Gasteiger partial charge in [0.15, 0.2) is 0 Å². The van der Waals surface area contributed by atoms with E-state index in [1.54, 1.807) is 11.3 Å². The fourth-order valence-electron chi connectivity index (χ4n) is 5.05. The van der Waals surface area contributed by atoms with Crippen molar-refractivity contribution in [3.05, 3.63) is 65.2 Å². The summed E-state index contributed by atoms with van der Waals surface area (Å²) in [5, 5.41) is 6.81. The quantitative estimate of drug-likeness (QED) is 0.526. The molecule has 8 heteroatoms. The summed E-state index contributed by atoms with van der Waals surface area (Å²) in [6, 6.07) is 14.5. The Hall–Kier alpha value is -2.97. The third kappa shape index (κ3) is 5.49. The number of aromatic nitrogens is 2. The lowest BCUT2D eigenvalue weighted by Gasteiger charge is -2.38. The van der Waals surface area contributed by atoms with Crippen molar-refractivity contribution in [3.63, 3.8) is 0 Å².